The molecule has 1 heterocycles. The second-order valence-corrected chi connectivity index (χ2v) is 3.62. The molecule has 0 spiro atoms. The highest BCUT2D eigenvalue weighted by Gasteiger charge is 2.19. The SMILES string of the molecule is CNCCC(O)C(O)c1cccc(CO)n1. The molecule has 0 amide bonds. The predicted molar refractivity (Wildman–Crippen MR) is 59.7 cm³/mol. The topological polar surface area (TPSA) is 85.6 Å². The molecule has 0 bridgehead atoms. The van der Waals surface area contributed by atoms with Crippen molar-refractivity contribution in [3.8, 4) is 0 Å². The van der Waals surface area contributed by atoms with Crippen LogP contribution in [0.3, 0.4) is 0 Å². The number of nitrogens with one attached hydrogen (secondary N) is 1. The van der Waals surface area contributed by atoms with E-state index in [1.807, 2.05) is 0 Å². The molecule has 90 valence electrons. The Hall–Kier alpha value is -1.01. The Labute approximate surface area is 94.8 Å². The van der Waals surface area contributed by atoms with Gasteiger partial charge in [0.05, 0.1) is 24.1 Å². The highest BCUT2D eigenvalue weighted by Crippen LogP contribution is 2.16. The quantitative estimate of drug-likeness (QED) is 0.529. The lowest BCUT2D eigenvalue weighted by Crippen LogP contribution is -2.24. The largest absolute Gasteiger partial charge is 0.390 e. The van der Waals surface area contributed by atoms with Crippen molar-refractivity contribution in [2.24, 2.45) is 0 Å². The molecule has 5 heteroatoms. The number of aliphatic hydroxyl groups excluding tert-OH is 3. The first-order chi connectivity index (χ1) is 7.69. The number of hydrogen-bond acceptors (Lipinski definition) is 5. The fourth-order valence-corrected chi connectivity index (χ4v) is 1.40. The maximum Gasteiger partial charge on any atom is 0.122 e. The van der Waals surface area contributed by atoms with Crippen LogP contribution in [0.25, 0.3) is 0 Å². The third kappa shape index (κ3) is 3.53. The minimum atomic E-state index is -1.01. The molecule has 16 heavy (non-hydrogen) atoms. The Morgan fingerprint density at radius 2 is 2.12 bits per heavy atom. The molecule has 0 radical (unpaired) electrons. The first-order valence-corrected chi connectivity index (χ1v) is 5.26. The Morgan fingerprint density at radius 3 is 2.75 bits per heavy atom. The minimum Gasteiger partial charge on any atom is -0.390 e. The van der Waals surface area contributed by atoms with Crippen molar-refractivity contribution in [2.75, 3.05) is 13.6 Å². The van der Waals surface area contributed by atoms with Gasteiger partial charge in [-0.2, -0.15) is 0 Å². The summed E-state index contributed by atoms with van der Waals surface area (Å²) >= 11 is 0. The van der Waals surface area contributed by atoms with Crippen molar-refractivity contribution in [2.45, 2.75) is 25.2 Å². The lowest BCUT2D eigenvalue weighted by atomic mass is 10.1. The molecular formula is C11H18N2O3. The van der Waals surface area contributed by atoms with Crippen LogP contribution in [0.2, 0.25) is 0 Å². The standard InChI is InChI=1S/C11H18N2O3/c1-12-6-5-10(15)11(16)9-4-2-3-8(7-14)13-9/h2-4,10-12,14-16H,5-7H2,1H3. The van der Waals surface area contributed by atoms with Crippen molar-refractivity contribution >= 4 is 0 Å². The number of aliphatic hydroxyl groups is 3. The van der Waals surface area contributed by atoms with Gasteiger partial charge >= 0.3 is 0 Å². The van der Waals surface area contributed by atoms with Gasteiger partial charge in [-0.25, -0.2) is 0 Å². The number of rotatable bonds is 6. The van der Waals surface area contributed by atoms with E-state index < -0.39 is 12.2 Å². The van der Waals surface area contributed by atoms with Crippen LogP contribution in [0, 0.1) is 0 Å². The highest BCUT2D eigenvalue weighted by atomic mass is 16.3. The van der Waals surface area contributed by atoms with E-state index in [0.717, 1.165) is 0 Å². The van der Waals surface area contributed by atoms with Crippen LogP contribution in [0.1, 0.15) is 23.9 Å². The van der Waals surface area contributed by atoms with E-state index in [-0.39, 0.29) is 6.61 Å². The summed E-state index contributed by atoms with van der Waals surface area (Å²) in [6.07, 6.45) is -1.42. The van der Waals surface area contributed by atoms with Gasteiger partial charge in [0.2, 0.25) is 0 Å². The van der Waals surface area contributed by atoms with E-state index in [2.05, 4.69) is 10.3 Å². The number of nitrogens with zero attached hydrogens (tertiary/aromatic N) is 1. The average molecular weight is 226 g/mol. The Bertz CT molecular complexity index is 320. The van der Waals surface area contributed by atoms with Crippen LogP contribution >= 0.6 is 0 Å². The van der Waals surface area contributed by atoms with Gasteiger partial charge in [-0.3, -0.25) is 4.98 Å². The van der Waals surface area contributed by atoms with Gasteiger partial charge in [0.1, 0.15) is 6.10 Å². The third-order valence-electron chi connectivity index (χ3n) is 2.35. The van der Waals surface area contributed by atoms with Crippen molar-refractivity contribution < 1.29 is 15.3 Å². The van der Waals surface area contributed by atoms with E-state index in [1.54, 1.807) is 25.2 Å². The Morgan fingerprint density at radius 1 is 1.38 bits per heavy atom. The van der Waals surface area contributed by atoms with Gasteiger partial charge in [0, 0.05) is 0 Å². The maximum atomic E-state index is 9.81. The molecule has 0 fully saturated rings. The fraction of sp³-hybridized carbons (Fsp3) is 0.545. The molecule has 0 aromatic carbocycles. The van der Waals surface area contributed by atoms with Crippen LogP contribution < -0.4 is 5.32 Å². The van der Waals surface area contributed by atoms with Gasteiger partial charge in [0.25, 0.3) is 0 Å². The highest BCUT2D eigenvalue weighted by molar-refractivity contribution is 5.13. The van der Waals surface area contributed by atoms with Crippen molar-refractivity contribution in [3.63, 3.8) is 0 Å². The first-order valence-electron chi connectivity index (χ1n) is 5.26. The molecule has 1 aromatic heterocycles. The molecule has 2 atom stereocenters. The Balaban J connectivity index is 2.67. The van der Waals surface area contributed by atoms with E-state index in [4.69, 9.17) is 5.11 Å². The summed E-state index contributed by atoms with van der Waals surface area (Å²) in [6, 6.07) is 4.99. The number of pyridine rings is 1. The van der Waals surface area contributed by atoms with E-state index >= 15 is 0 Å². The zero-order valence-electron chi connectivity index (χ0n) is 9.30. The second kappa shape index (κ2) is 6.55. The normalized spacial score (nSPS) is 14.8. The Kier molecular flexibility index (Phi) is 5.34. The summed E-state index contributed by atoms with van der Waals surface area (Å²) in [4.78, 5) is 4.04. The predicted octanol–water partition coefficient (Wildman–Crippen LogP) is -0.422. The molecule has 0 aliphatic rings. The fourth-order valence-electron chi connectivity index (χ4n) is 1.40. The first kappa shape index (κ1) is 13.1. The monoisotopic (exact) mass is 226 g/mol. The van der Waals surface area contributed by atoms with Gasteiger partial charge in [0.15, 0.2) is 0 Å². The summed E-state index contributed by atoms with van der Waals surface area (Å²) in [5.74, 6) is 0. The molecule has 4 N–H and O–H groups in total. The molecule has 1 aromatic rings. The van der Waals surface area contributed by atoms with Crippen molar-refractivity contribution in [1.29, 1.82) is 0 Å². The summed E-state index contributed by atoms with van der Waals surface area (Å²) < 4.78 is 0. The van der Waals surface area contributed by atoms with E-state index in [1.165, 1.54) is 0 Å². The maximum absolute atomic E-state index is 9.81. The third-order valence-corrected chi connectivity index (χ3v) is 2.35. The zero-order valence-corrected chi connectivity index (χ0v) is 9.30. The summed E-state index contributed by atoms with van der Waals surface area (Å²) in [5.41, 5.74) is 0.868. The van der Waals surface area contributed by atoms with Crippen LogP contribution in [0.5, 0.6) is 0 Å². The van der Waals surface area contributed by atoms with Gasteiger partial charge < -0.3 is 20.6 Å². The molecule has 1 rings (SSSR count). The smallest absolute Gasteiger partial charge is 0.122 e. The molecule has 5 nitrogen and oxygen atoms in total. The van der Waals surface area contributed by atoms with Crippen molar-refractivity contribution in [3.05, 3.63) is 29.6 Å². The van der Waals surface area contributed by atoms with Crippen LogP contribution in [0.4, 0.5) is 0 Å². The molecular weight excluding hydrogens is 208 g/mol. The van der Waals surface area contributed by atoms with E-state index in [9.17, 15) is 10.2 Å². The van der Waals surface area contributed by atoms with Crippen LogP contribution in [-0.4, -0.2) is 40.0 Å². The lowest BCUT2D eigenvalue weighted by molar-refractivity contribution is 0.0113. The molecule has 2 unspecified atom stereocenters. The summed E-state index contributed by atoms with van der Waals surface area (Å²) in [5, 5.41) is 31.3. The molecule has 0 aliphatic carbocycles. The number of hydrogen-bond donors (Lipinski definition) is 4. The summed E-state index contributed by atoms with van der Waals surface area (Å²) in [6.45, 7) is 0.449. The lowest BCUT2D eigenvalue weighted by Gasteiger charge is -2.17. The van der Waals surface area contributed by atoms with E-state index in [0.29, 0.717) is 24.4 Å². The van der Waals surface area contributed by atoms with Crippen LogP contribution in [-0.2, 0) is 6.61 Å². The number of aromatic nitrogens is 1. The zero-order chi connectivity index (χ0) is 12.0. The minimum absolute atomic E-state index is 0.173. The summed E-state index contributed by atoms with van der Waals surface area (Å²) in [7, 11) is 1.78. The molecule has 0 aliphatic heterocycles. The van der Waals surface area contributed by atoms with Gasteiger partial charge in [-0.15, -0.1) is 0 Å². The molecule has 0 saturated heterocycles. The van der Waals surface area contributed by atoms with Crippen molar-refractivity contribution in [1.82, 2.24) is 10.3 Å². The van der Waals surface area contributed by atoms with Crippen LogP contribution in [0.15, 0.2) is 18.2 Å². The van der Waals surface area contributed by atoms with Gasteiger partial charge in [-0.05, 0) is 32.1 Å². The van der Waals surface area contributed by atoms with Gasteiger partial charge in [-0.1, -0.05) is 6.07 Å². The second-order valence-electron chi connectivity index (χ2n) is 3.62. The average Bonchev–Trinajstić information content (AvgIpc) is 2.35. The molecule has 0 saturated carbocycles.